The summed E-state index contributed by atoms with van der Waals surface area (Å²) in [7, 11) is 0. The van der Waals surface area contributed by atoms with E-state index in [0.717, 1.165) is 22.6 Å². The zero-order valence-electron chi connectivity index (χ0n) is 14.1. The van der Waals surface area contributed by atoms with Crippen LogP contribution < -0.4 is 5.32 Å². The molecule has 0 bridgehead atoms. The Balaban J connectivity index is 1.72. The number of nitrogens with one attached hydrogen (secondary N) is 2. The number of rotatable bonds is 5. The van der Waals surface area contributed by atoms with Gasteiger partial charge >= 0.3 is 0 Å². The number of nitrogens with zero attached hydrogens (tertiary/aromatic N) is 3. The highest BCUT2D eigenvalue weighted by atomic mass is 16.1. The fourth-order valence-electron chi connectivity index (χ4n) is 2.75. The standard InChI is InChI=1S/C18H21N5O/c1-12-9-14(3)23(22-12)11-13(2)20-18(24)16-10-19-21-17(16)15-7-5-4-6-8-15/h4-10,13H,11H2,1-3H3,(H,19,21)(H,20,24). The van der Waals surface area contributed by atoms with Crippen LogP contribution in [0.15, 0.2) is 42.6 Å². The minimum Gasteiger partial charge on any atom is -0.348 e. The number of benzene rings is 1. The summed E-state index contributed by atoms with van der Waals surface area (Å²) in [5.74, 6) is -0.142. The highest BCUT2D eigenvalue weighted by Gasteiger charge is 2.17. The number of aromatic nitrogens is 4. The molecule has 0 aliphatic rings. The first kappa shape index (κ1) is 16.0. The van der Waals surface area contributed by atoms with E-state index in [1.54, 1.807) is 6.20 Å². The van der Waals surface area contributed by atoms with Crippen molar-refractivity contribution in [3.05, 3.63) is 59.5 Å². The van der Waals surface area contributed by atoms with Gasteiger partial charge in [0.15, 0.2) is 0 Å². The molecule has 0 fully saturated rings. The molecule has 3 aromatic rings. The minimum atomic E-state index is -0.142. The van der Waals surface area contributed by atoms with Gasteiger partial charge in [0, 0.05) is 17.3 Å². The van der Waals surface area contributed by atoms with Crippen LogP contribution in [0.5, 0.6) is 0 Å². The number of H-pyrrole nitrogens is 1. The maximum absolute atomic E-state index is 12.6. The molecule has 6 nitrogen and oxygen atoms in total. The van der Waals surface area contributed by atoms with Gasteiger partial charge in [0.2, 0.25) is 0 Å². The molecule has 0 aliphatic carbocycles. The third-order valence-corrected chi connectivity index (χ3v) is 3.87. The van der Waals surface area contributed by atoms with Crippen molar-refractivity contribution >= 4 is 5.91 Å². The van der Waals surface area contributed by atoms with E-state index in [1.807, 2.05) is 61.9 Å². The van der Waals surface area contributed by atoms with Crippen molar-refractivity contribution in [1.82, 2.24) is 25.3 Å². The third-order valence-electron chi connectivity index (χ3n) is 3.87. The van der Waals surface area contributed by atoms with Crippen molar-refractivity contribution in [3.8, 4) is 11.3 Å². The summed E-state index contributed by atoms with van der Waals surface area (Å²) in [6, 6.07) is 11.7. The second-order valence-corrected chi connectivity index (χ2v) is 6.01. The van der Waals surface area contributed by atoms with Crippen LogP contribution in [0.1, 0.15) is 28.7 Å². The van der Waals surface area contributed by atoms with E-state index in [0.29, 0.717) is 12.1 Å². The van der Waals surface area contributed by atoms with Crippen molar-refractivity contribution in [2.24, 2.45) is 0 Å². The highest BCUT2D eigenvalue weighted by molar-refractivity contribution is 5.99. The monoisotopic (exact) mass is 323 g/mol. The van der Waals surface area contributed by atoms with E-state index >= 15 is 0 Å². The molecule has 124 valence electrons. The van der Waals surface area contributed by atoms with Crippen molar-refractivity contribution in [1.29, 1.82) is 0 Å². The Labute approximate surface area is 140 Å². The van der Waals surface area contributed by atoms with Crippen LogP contribution in [0.4, 0.5) is 0 Å². The molecule has 0 radical (unpaired) electrons. The molecule has 6 heteroatoms. The maximum atomic E-state index is 12.6. The van der Waals surface area contributed by atoms with E-state index in [2.05, 4.69) is 20.6 Å². The first-order valence-electron chi connectivity index (χ1n) is 7.95. The summed E-state index contributed by atoms with van der Waals surface area (Å²) in [6.07, 6.45) is 1.56. The molecular formula is C18H21N5O. The van der Waals surface area contributed by atoms with Crippen LogP contribution >= 0.6 is 0 Å². The average Bonchev–Trinajstić information content (AvgIpc) is 3.15. The summed E-state index contributed by atoms with van der Waals surface area (Å²) in [4.78, 5) is 12.6. The SMILES string of the molecule is Cc1cc(C)n(CC(C)NC(=O)c2cn[nH]c2-c2ccccc2)n1. The molecular weight excluding hydrogens is 302 g/mol. The maximum Gasteiger partial charge on any atom is 0.255 e. The topological polar surface area (TPSA) is 75.6 Å². The predicted octanol–water partition coefficient (Wildman–Crippen LogP) is 2.71. The van der Waals surface area contributed by atoms with E-state index in [1.165, 1.54) is 0 Å². The number of carbonyl (C=O) groups excluding carboxylic acids is 1. The van der Waals surface area contributed by atoms with Crippen LogP contribution in [0.25, 0.3) is 11.3 Å². The van der Waals surface area contributed by atoms with Crippen LogP contribution in [0.3, 0.4) is 0 Å². The summed E-state index contributed by atoms with van der Waals surface area (Å²) < 4.78 is 1.91. The van der Waals surface area contributed by atoms with Gasteiger partial charge in [-0.15, -0.1) is 0 Å². The average molecular weight is 323 g/mol. The lowest BCUT2D eigenvalue weighted by Gasteiger charge is -2.15. The van der Waals surface area contributed by atoms with Crippen molar-refractivity contribution in [2.75, 3.05) is 0 Å². The minimum absolute atomic E-state index is 0.0472. The van der Waals surface area contributed by atoms with Crippen molar-refractivity contribution in [3.63, 3.8) is 0 Å². The van der Waals surface area contributed by atoms with Crippen LogP contribution in [0.2, 0.25) is 0 Å². The van der Waals surface area contributed by atoms with Gasteiger partial charge < -0.3 is 5.32 Å². The van der Waals surface area contributed by atoms with Crippen LogP contribution in [-0.4, -0.2) is 31.9 Å². The van der Waals surface area contributed by atoms with E-state index < -0.39 is 0 Å². The zero-order valence-corrected chi connectivity index (χ0v) is 14.1. The molecule has 0 aliphatic heterocycles. The first-order chi connectivity index (χ1) is 11.5. The number of aryl methyl sites for hydroxylation is 2. The van der Waals surface area contributed by atoms with E-state index in [9.17, 15) is 4.79 Å². The van der Waals surface area contributed by atoms with Gasteiger partial charge in [-0.05, 0) is 26.8 Å². The molecule has 1 aromatic carbocycles. The van der Waals surface area contributed by atoms with Gasteiger partial charge in [-0.3, -0.25) is 14.6 Å². The van der Waals surface area contributed by atoms with Crippen molar-refractivity contribution in [2.45, 2.75) is 33.4 Å². The van der Waals surface area contributed by atoms with E-state index in [4.69, 9.17) is 0 Å². The Hall–Kier alpha value is -2.89. The van der Waals surface area contributed by atoms with Gasteiger partial charge in [-0.1, -0.05) is 30.3 Å². The Morgan fingerprint density at radius 1 is 1.29 bits per heavy atom. The van der Waals surface area contributed by atoms with Gasteiger partial charge in [-0.25, -0.2) is 0 Å². The Morgan fingerprint density at radius 2 is 2.04 bits per heavy atom. The first-order valence-corrected chi connectivity index (χ1v) is 7.95. The number of hydrogen-bond donors (Lipinski definition) is 2. The van der Waals surface area contributed by atoms with Gasteiger partial charge in [-0.2, -0.15) is 10.2 Å². The molecule has 0 saturated carbocycles. The van der Waals surface area contributed by atoms with Crippen molar-refractivity contribution < 1.29 is 4.79 Å². The largest absolute Gasteiger partial charge is 0.348 e. The van der Waals surface area contributed by atoms with Crippen LogP contribution in [-0.2, 0) is 6.54 Å². The summed E-state index contributed by atoms with van der Waals surface area (Å²) in [6.45, 7) is 6.57. The van der Waals surface area contributed by atoms with Gasteiger partial charge in [0.05, 0.1) is 29.7 Å². The lowest BCUT2D eigenvalue weighted by Crippen LogP contribution is -2.36. The molecule has 24 heavy (non-hydrogen) atoms. The van der Waals surface area contributed by atoms with Crippen LogP contribution in [0, 0.1) is 13.8 Å². The summed E-state index contributed by atoms with van der Waals surface area (Å²) in [5.41, 5.74) is 4.27. The van der Waals surface area contributed by atoms with Gasteiger partial charge in [0.25, 0.3) is 5.91 Å². The molecule has 0 spiro atoms. The molecule has 3 rings (SSSR count). The Bertz CT molecular complexity index is 834. The quantitative estimate of drug-likeness (QED) is 0.758. The number of hydrogen-bond acceptors (Lipinski definition) is 3. The number of carbonyl (C=O) groups is 1. The lowest BCUT2D eigenvalue weighted by molar-refractivity contribution is 0.0936. The summed E-state index contributed by atoms with van der Waals surface area (Å²) in [5, 5.41) is 14.4. The lowest BCUT2D eigenvalue weighted by atomic mass is 10.1. The predicted molar refractivity (Wildman–Crippen MR) is 92.7 cm³/mol. The fourth-order valence-corrected chi connectivity index (χ4v) is 2.75. The molecule has 2 aromatic heterocycles. The molecule has 2 N–H and O–H groups in total. The molecule has 1 unspecified atom stereocenters. The number of aromatic amines is 1. The zero-order chi connectivity index (χ0) is 17.1. The Morgan fingerprint density at radius 3 is 2.71 bits per heavy atom. The smallest absolute Gasteiger partial charge is 0.255 e. The highest BCUT2D eigenvalue weighted by Crippen LogP contribution is 2.20. The number of amides is 1. The van der Waals surface area contributed by atoms with Gasteiger partial charge in [0.1, 0.15) is 0 Å². The molecule has 1 amide bonds. The normalized spacial score (nSPS) is 12.1. The fraction of sp³-hybridized carbons (Fsp3) is 0.278. The third kappa shape index (κ3) is 3.37. The molecule has 0 saturated heterocycles. The second-order valence-electron chi connectivity index (χ2n) is 6.01. The molecule has 1 atom stereocenters. The molecule has 2 heterocycles. The second kappa shape index (κ2) is 6.70. The van der Waals surface area contributed by atoms with E-state index in [-0.39, 0.29) is 11.9 Å². The summed E-state index contributed by atoms with van der Waals surface area (Å²) >= 11 is 0. The Kier molecular flexibility index (Phi) is 4.46.